The Morgan fingerprint density at radius 3 is 0.926 bits per heavy atom. The Balaban J connectivity index is 1.04. The summed E-state index contributed by atoms with van der Waals surface area (Å²) in [5.41, 5.74) is 24.1. The average Bonchev–Trinajstić information content (AvgIpc) is 3.76. The van der Waals surface area contributed by atoms with Crippen molar-refractivity contribution in [2.24, 2.45) is 0 Å². The maximum Gasteiger partial charge on any atom is 0.0540 e. The second-order valence-corrected chi connectivity index (χ2v) is 19.3. The zero-order valence-corrected chi connectivity index (χ0v) is 39.0. The summed E-state index contributed by atoms with van der Waals surface area (Å²) in [7, 11) is 0. The summed E-state index contributed by atoms with van der Waals surface area (Å²) in [5, 5.41) is 0. The zero-order valence-electron chi connectivity index (χ0n) is 39.0. The lowest BCUT2D eigenvalue weighted by Gasteiger charge is -2.32. The highest BCUT2D eigenvalue weighted by Gasteiger charge is 2.37. The van der Waals surface area contributed by atoms with Gasteiger partial charge in [-0.15, -0.1) is 0 Å². The Kier molecular flexibility index (Phi) is 9.88. The van der Waals surface area contributed by atoms with E-state index in [4.69, 9.17) is 0 Å². The van der Waals surface area contributed by atoms with Crippen LogP contribution in [0.4, 0.5) is 34.1 Å². The Bertz CT molecular complexity index is 3260. The van der Waals surface area contributed by atoms with Crippen LogP contribution in [0.1, 0.15) is 49.9 Å². The van der Waals surface area contributed by atoms with Gasteiger partial charge in [-0.05, 0) is 127 Å². The third-order valence-electron chi connectivity index (χ3n) is 14.7. The summed E-state index contributed by atoms with van der Waals surface area (Å²) in [6.45, 7) is 9.46. The van der Waals surface area contributed by atoms with Crippen molar-refractivity contribution in [3.8, 4) is 55.6 Å². The van der Waals surface area contributed by atoms with Gasteiger partial charge in [-0.2, -0.15) is 0 Å². The largest absolute Gasteiger partial charge is 0.310 e. The summed E-state index contributed by atoms with van der Waals surface area (Å²) in [6.07, 6.45) is 0. The summed E-state index contributed by atoms with van der Waals surface area (Å²) >= 11 is 0. The Hall–Kier alpha value is -8.20. The van der Waals surface area contributed by atoms with E-state index in [1.54, 1.807) is 0 Å². The second-order valence-electron chi connectivity index (χ2n) is 19.3. The highest BCUT2D eigenvalue weighted by molar-refractivity contribution is 5.97. The number of para-hydroxylation sites is 2. The molecular formula is C66H52N2. The first kappa shape index (κ1) is 41.2. The monoisotopic (exact) mass is 872 g/mol. The minimum Gasteiger partial charge on any atom is -0.310 e. The quantitative estimate of drug-likeness (QED) is 0.143. The summed E-state index contributed by atoms with van der Waals surface area (Å²) in [4.78, 5) is 4.93. The van der Waals surface area contributed by atoms with Crippen LogP contribution in [0.2, 0.25) is 0 Å². The molecule has 0 heterocycles. The second kappa shape index (κ2) is 16.3. The number of benzene rings is 10. The van der Waals surface area contributed by atoms with Gasteiger partial charge in [-0.25, -0.2) is 0 Å². The van der Waals surface area contributed by atoms with Gasteiger partial charge in [-0.3, -0.25) is 0 Å². The fourth-order valence-corrected chi connectivity index (χ4v) is 11.2. The topological polar surface area (TPSA) is 6.48 Å². The molecule has 2 heteroatoms. The molecule has 0 saturated heterocycles. The Morgan fingerprint density at radius 2 is 0.529 bits per heavy atom. The molecule has 68 heavy (non-hydrogen) atoms. The van der Waals surface area contributed by atoms with E-state index in [-0.39, 0.29) is 10.8 Å². The minimum absolute atomic E-state index is 0.154. The van der Waals surface area contributed by atoms with E-state index in [9.17, 15) is 0 Å². The van der Waals surface area contributed by atoms with Gasteiger partial charge < -0.3 is 9.80 Å². The zero-order chi connectivity index (χ0) is 46.0. The van der Waals surface area contributed by atoms with Gasteiger partial charge in [0.05, 0.1) is 11.4 Å². The van der Waals surface area contributed by atoms with E-state index in [2.05, 4.69) is 280 Å². The lowest BCUT2D eigenvalue weighted by molar-refractivity contribution is 0.660. The highest BCUT2D eigenvalue weighted by atomic mass is 15.2. The van der Waals surface area contributed by atoms with E-state index in [0.29, 0.717) is 0 Å². The van der Waals surface area contributed by atoms with Crippen molar-refractivity contribution in [2.75, 3.05) is 9.80 Å². The molecule has 2 aliphatic carbocycles. The molecule has 2 nitrogen and oxygen atoms in total. The average molecular weight is 873 g/mol. The van der Waals surface area contributed by atoms with Gasteiger partial charge in [0.15, 0.2) is 0 Å². The first-order valence-electron chi connectivity index (χ1n) is 23.8. The molecule has 10 aromatic rings. The molecule has 0 saturated carbocycles. The van der Waals surface area contributed by atoms with Crippen molar-refractivity contribution >= 4 is 34.1 Å². The number of anilines is 6. The van der Waals surface area contributed by atoms with Crippen LogP contribution >= 0.6 is 0 Å². The molecule has 0 N–H and O–H groups in total. The van der Waals surface area contributed by atoms with Crippen LogP contribution < -0.4 is 9.80 Å². The molecule has 0 aliphatic heterocycles. The Morgan fingerprint density at radius 1 is 0.235 bits per heavy atom. The van der Waals surface area contributed by atoms with Crippen molar-refractivity contribution in [1.82, 2.24) is 0 Å². The van der Waals surface area contributed by atoms with Gasteiger partial charge >= 0.3 is 0 Å². The molecule has 2 aliphatic rings. The fraction of sp³-hybridized carbons (Fsp3) is 0.0909. The van der Waals surface area contributed by atoms with Crippen molar-refractivity contribution in [2.45, 2.75) is 38.5 Å². The standard InChI is InChI=1S/C66H52N2/c1-65(2)59-27-15-11-23-53(59)55-41-39-51(43-61(55)65)67(49-35-31-47(32-36-49)45-19-7-5-8-20-45)63-29-17-13-25-57(63)58-26-14-18-30-64(58)68(50-37-33-48(34-38-50)46-21-9-6-10-22-46)52-40-42-56-54-24-12-16-28-60(54)66(3,4)62(56)44-52/h5-44H,1-4H3. The minimum atomic E-state index is -0.154. The molecule has 0 radical (unpaired) electrons. The van der Waals surface area contributed by atoms with Crippen molar-refractivity contribution in [3.05, 3.63) is 265 Å². The maximum atomic E-state index is 2.47. The van der Waals surface area contributed by atoms with Gasteiger partial charge in [0.2, 0.25) is 0 Å². The third kappa shape index (κ3) is 6.78. The summed E-state index contributed by atoms with van der Waals surface area (Å²) in [5.74, 6) is 0. The van der Waals surface area contributed by atoms with Crippen molar-refractivity contribution in [3.63, 3.8) is 0 Å². The predicted molar refractivity (Wildman–Crippen MR) is 287 cm³/mol. The molecule has 0 atom stereocenters. The molecule has 0 spiro atoms. The molecular weight excluding hydrogens is 821 g/mol. The van der Waals surface area contributed by atoms with E-state index < -0.39 is 0 Å². The van der Waals surface area contributed by atoms with E-state index in [1.807, 2.05) is 0 Å². The normalized spacial score (nSPS) is 13.5. The predicted octanol–water partition coefficient (Wildman–Crippen LogP) is 18.2. The van der Waals surface area contributed by atoms with Crippen molar-refractivity contribution in [1.29, 1.82) is 0 Å². The maximum absolute atomic E-state index is 2.47. The van der Waals surface area contributed by atoms with Crippen LogP contribution in [0.25, 0.3) is 55.6 Å². The lowest BCUT2D eigenvalue weighted by Crippen LogP contribution is -2.17. The number of nitrogens with zero attached hydrogens (tertiary/aromatic N) is 2. The van der Waals surface area contributed by atoms with Crippen LogP contribution in [0.5, 0.6) is 0 Å². The van der Waals surface area contributed by atoms with Crippen LogP contribution in [-0.4, -0.2) is 0 Å². The summed E-state index contributed by atoms with van der Waals surface area (Å²) in [6, 6.07) is 89.4. The van der Waals surface area contributed by atoms with E-state index in [1.165, 1.54) is 66.8 Å². The molecule has 12 rings (SSSR count). The lowest BCUT2D eigenvalue weighted by atomic mass is 9.82. The number of rotatable bonds is 9. The molecule has 0 fully saturated rings. The molecule has 0 unspecified atom stereocenters. The van der Waals surface area contributed by atoms with Crippen LogP contribution in [0.3, 0.4) is 0 Å². The van der Waals surface area contributed by atoms with Gasteiger partial charge in [0.1, 0.15) is 0 Å². The van der Waals surface area contributed by atoms with Gasteiger partial charge in [0, 0.05) is 44.7 Å². The van der Waals surface area contributed by atoms with Crippen LogP contribution in [0.15, 0.2) is 243 Å². The molecule has 326 valence electrons. The Labute approximate surface area is 401 Å². The third-order valence-corrected chi connectivity index (χ3v) is 14.7. The van der Waals surface area contributed by atoms with Gasteiger partial charge in [-0.1, -0.05) is 210 Å². The van der Waals surface area contributed by atoms with Crippen LogP contribution in [0, 0.1) is 0 Å². The molecule has 0 bridgehead atoms. The molecule has 0 amide bonds. The van der Waals surface area contributed by atoms with Crippen molar-refractivity contribution < 1.29 is 0 Å². The first-order chi connectivity index (χ1) is 33.3. The number of hydrogen-bond acceptors (Lipinski definition) is 2. The van der Waals surface area contributed by atoms with E-state index in [0.717, 1.165) is 45.3 Å². The van der Waals surface area contributed by atoms with Gasteiger partial charge in [0.25, 0.3) is 0 Å². The smallest absolute Gasteiger partial charge is 0.0540 e. The fourth-order valence-electron chi connectivity index (χ4n) is 11.2. The molecule has 0 aromatic heterocycles. The molecule has 10 aromatic carbocycles. The van der Waals surface area contributed by atoms with Crippen LogP contribution in [-0.2, 0) is 10.8 Å². The van der Waals surface area contributed by atoms with E-state index >= 15 is 0 Å². The SMILES string of the molecule is CC1(C)c2ccccc2-c2ccc(N(c3ccc(-c4ccccc4)cc3)c3ccccc3-c3ccccc3N(c3ccc(-c4ccccc4)cc3)c3ccc4c(c3)C(C)(C)c3ccccc3-4)cc21. The first-order valence-corrected chi connectivity index (χ1v) is 23.8. The summed E-state index contributed by atoms with van der Waals surface area (Å²) < 4.78 is 0. The highest BCUT2D eigenvalue weighted by Crippen LogP contribution is 2.54. The number of fused-ring (bicyclic) bond motifs is 6. The number of hydrogen-bond donors (Lipinski definition) is 0.